The molecule has 1 saturated carbocycles. The number of carboxylic acids is 3. The highest BCUT2D eigenvalue weighted by Gasteiger charge is 2.68. The van der Waals surface area contributed by atoms with Crippen LogP contribution < -0.4 is 0 Å². The molecule has 7 unspecified atom stereocenters. The molecule has 3 heterocycles. The summed E-state index contributed by atoms with van der Waals surface area (Å²) in [5, 5.41) is 31.3. The molecule has 0 radical (unpaired) electrons. The zero-order valence-electron chi connectivity index (χ0n) is 19.1. The molecule has 0 aromatic rings. The molecular weight excluding hydrogens is 432 g/mol. The Bertz CT molecular complexity index is 742. The molecule has 186 valence electrons. The number of carboxylic acid groups (broad SMARTS) is 3. The van der Waals surface area contributed by atoms with Crippen molar-refractivity contribution in [1.82, 2.24) is 0 Å². The maximum atomic E-state index is 13.1. The second-order valence-corrected chi connectivity index (χ2v) is 10.3. The van der Waals surface area contributed by atoms with Crippen molar-refractivity contribution in [3.63, 3.8) is 0 Å². The Hall–Kier alpha value is -1.71. The van der Waals surface area contributed by atoms with Crippen LogP contribution in [0.4, 0.5) is 0 Å². The molecule has 3 saturated heterocycles. The number of aliphatic carboxylic acids is 3. The molecule has 9 nitrogen and oxygen atoms in total. The summed E-state index contributed by atoms with van der Waals surface area (Å²) < 4.78 is 15.8. The van der Waals surface area contributed by atoms with Crippen LogP contribution in [0, 0.1) is 22.7 Å². The molecule has 0 aromatic heterocycles. The Morgan fingerprint density at radius 3 is 1.70 bits per heavy atom. The number of ether oxygens (including phenoxy) is 3. The highest BCUT2D eigenvalue weighted by molar-refractivity contribution is 5.88. The normalized spacial score (nSPS) is 39.1. The monoisotopic (exact) mass is 468 g/mol. The Morgan fingerprint density at radius 1 is 0.727 bits per heavy atom. The minimum absolute atomic E-state index is 0.0687. The van der Waals surface area contributed by atoms with Crippen LogP contribution >= 0.6 is 0 Å². The molecule has 9 heteroatoms. The highest BCUT2D eigenvalue weighted by atomic mass is 16.6. The molecule has 0 amide bonds. The van der Waals surface area contributed by atoms with Crippen molar-refractivity contribution in [2.45, 2.75) is 88.9 Å². The van der Waals surface area contributed by atoms with Gasteiger partial charge < -0.3 is 29.5 Å². The summed E-state index contributed by atoms with van der Waals surface area (Å²) in [6.07, 6.45) is 5.21. The first-order valence-electron chi connectivity index (χ1n) is 12.3. The Labute approximate surface area is 193 Å². The van der Waals surface area contributed by atoms with E-state index in [0.29, 0.717) is 58.3 Å². The average molecular weight is 469 g/mol. The van der Waals surface area contributed by atoms with Gasteiger partial charge in [0.2, 0.25) is 0 Å². The van der Waals surface area contributed by atoms with Gasteiger partial charge in [-0.3, -0.25) is 14.4 Å². The van der Waals surface area contributed by atoms with Gasteiger partial charge in [-0.25, -0.2) is 0 Å². The van der Waals surface area contributed by atoms with E-state index in [2.05, 4.69) is 0 Å². The Kier molecular flexibility index (Phi) is 7.31. The van der Waals surface area contributed by atoms with E-state index >= 15 is 0 Å². The van der Waals surface area contributed by atoms with E-state index in [1.165, 1.54) is 0 Å². The van der Waals surface area contributed by atoms with E-state index < -0.39 is 40.6 Å². The fraction of sp³-hybridized carbons (Fsp3) is 0.875. The van der Waals surface area contributed by atoms with Crippen molar-refractivity contribution in [3.05, 3.63) is 0 Å². The fourth-order valence-corrected chi connectivity index (χ4v) is 6.42. The highest BCUT2D eigenvalue weighted by Crippen LogP contribution is 2.62. The Morgan fingerprint density at radius 2 is 1.24 bits per heavy atom. The van der Waals surface area contributed by atoms with Gasteiger partial charge >= 0.3 is 17.9 Å². The van der Waals surface area contributed by atoms with Gasteiger partial charge in [-0.1, -0.05) is 6.42 Å². The van der Waals surface area contributed by atoms with Crippen molar-refractivity contribution in [2.24, 2.45) is 22.7 Å². The van der Waals surface area contributed by atoms with Gasteiger partial charge in [-0.2, -0.15) is 0 Å². The minimum Gasteiger partial charge on any atom is -0.481 e. The summed E-state index contributed by atoms with van der Waals surface area (Å²) in [5.41, 5.74) is -3.13. The molecule has 4 aliphatic rings. The van der Waals surface area contributed by atoms with Crippen LogP contribution in [0.2, 0.25) is 0 Å². The van der Waals surface area contributed by atoms with Crippen molar-refractivity contribution in [3.8, 4) is 0 Å². The summed E-state index contributed by atoms with van der Waals surface area (Å²) in [5.74, 6) is -4.90. The topological polar surface area (TPSA) is 149 Å². The standard InChI is InChI=1S/C24H36O9/c25-20(26)18-8-11-23(21(27)28,9-2-5-16-13-32-16)24(22(29)30,10-3-6-17-14-33-17)19(18)7-1-4-15-12-31-15/h15-19H,1-14H2,(H,25,26)(H,27,28)(H,29,30). The van der Waals surface area contributed by atoms with Crippen LogP contribution in [-0.2, 0) is 28.6 Å². The van der Waals surface area contributed by atoms with Crippen molar-refractivity contribution in [1.29, 1.82) is 0 Å². The predicted octanol–water partition coefficient (Wildman–Crippen LogP) is 2.95. The van der Waals surface area contributed by atoms with Crippen LogP contribution in [-0.4, -0.2) is 71.4 Å². The molecule has 1 aliphatic carbocycles. The summed E-state index contributed by atoms with van der Waals surface area (Å²) in [7, 11) is 0. The third kappa shape index (κ3) is 5.20. The summed E-state index contributed by atoms with van der Waals surface area (Å²) in [6.45, 7) is 1.99. The van der Waals surface area contributed by atoms with E-state index in [4.69, 9.17) is 14.2 Å². The fourth-order valence-electron chi connectivity index (χ4n) is 6.42. The van der Waals surface area contributed by atoms with Crippen LogP contribution in [0.5, 0.6) is 0 Å². The number of hydrogen-bond acceptors (Lipinski definition) is 6. The van der Waals surface area contributed by atoms with Gasteiger partial charge in [-0.05, 0) is 70.1 Å². The lowest BCUT2D eigenvalue weighted by Crippen LogP contribution is -2.62. The summed E-state index contributed by atoms with van der Waals surface area (Å²) in [4.78, 5) is 38.3. The molecule has 0 aromatic carbocycles. The number of carbonyl (C=O) groups is 3. The molecule has 4 fully saturated rings. The quantitative estimate of drug-likeness (QED) is 0.308. The molecule has 3 aliphatic heterocycles. The lowest BCUT2D eigenvalue weighted by molar-refractivity contribution is -0.199. The van der Waals surface area contributed by atoms with Crippen LogP contribution in [0.25, 0.3) is 0 Å². The van der Waals surface area contributed by atoms with Crippen molar-refractivity contribution in [2.75, 3.05) is 19.8 Å². The second kappa shape index (κ2) is 9.88. The molecule has 7 atom stereocenters. The number of epoxide rings is 3. The third-order valence-corrected chi connectivity index (χ3v) is 8.44. The van der Waals surface area contributed by atoms with E-state index in [1.54, 1.807) is 0 Å². The van der Waals surface area contributed by atoms with Gasteiger partial charge in [0, 0.05) is 0 Å². The van der Waals surface area contributed by atoms with Crippen LogP contribution in [0.15, 0.2) is 0 Å². The minimum atomic E-state index is -1.64. The van der Waals surface area contributed by atoms with Gasteiger partial charge in [-0.15, -0.1) is 0 Å². The smallest absolute Gasteiger partial charge is 0.311 e. The van der Waals surface area contributed by atoms with Crippen LogP contribution in [0.3, 0.4) is 0 Å². The van der Waals surface area contributed by atoms with Gasteiger partial charge in [0.25, 0.3) is 0 Å². The molecule has 4 rings (SSSR count). The lowest BCUT2D eigenvalue weighted by atomic mass is 9.45. The van der Waals surface area contributed by atoms with E-state index in [9.17, 15) is 29.7 Å². The zero-order valence-corrected chi connectivity index (χ0v) is 19.1. The number of hydrogen-bond donors (Lipinski definition) is 3. The maximum absolute atomic E-state index is 13.1. The maximum Gasteiger partial charge on any atom is 0.311 e. The molecule has 33 heavy (non-hydrogen) atoms. The SMILES string of the molecule is O=C(O)C1CCC(CCCC2CO2)(C(=O)O)C(CCCC2CO2)(C(=O)O)C1CCCC1CO1. The first kappa shape index (κ1) is 24.4. The van der Waals surface area contributed by atoms with Crippen LogP contribution in [0.1, 0.15) is 70.6 Å². The zero-order chi connectivity index (χ0) is 23.6. The van der Waals surface area contributed by atoms with Gasteiger partial charge in [0.05, 0.1) is 54.9 Å². The third-order valence-electron chi connectivity index (χ3n) is 8.44. The van der Waals surface area contributed by atoms with E-state index in [0.717, 1.165) is 6.42 Å². The predicted molar refractivity (Wildman–Crippen MR) is 115 cm³/mol. The first-order chi connectivity index (χ1) is 15.8. The van der Waals surface area contributed by atoms with Crippen molar-refractivity contribution >= 4 is 17.9 Å². The van der Waals surface area contributed by atoms with Gasteiger partial charge in [0.1, 0.15) is 0 Å². The van der Waals surface area contributed by atoms with Gasteiger partial charge in [0.15, 0.2) is 0 Å². The van der Waals surface area contributed by atoms with E-state index in [1.807, 2.05) is 0 Å². The number of rotatable bonds is 15. The summed E-state index contributed by atoms with van der Waals surface area (Å²) >= 11 is 0. The average Bonchev–Trinajstić information content (AvgIpc) is 3.60. The molecule has 0 spiro atoms. The van der Waals surface area contributed by atoms with Crippen molar-refractivity contribution < 1.29 is 43.9 Å². The molecular formula is C24H36O9. The Balaban J connectivity index is 1.67. The van der Waals surface area contributed by atoms with E-state index in [-0.39, 0.29) is 44.0 Å². The summed E-state index contributed by atoms with van der Waals surface area (Å²) in [6, 6.07) is 0. The molecule has 3 N–H and O–H groups in total. The lowest BCUT2D eigenvalue weighted by Gasteiger charge is -2.55. The first-order valence-corrected chi connectivity index (χ1v) is 12.3. The molecule has 0 bridgehead atoms. The second-order valence-electron chi connectivity index (χ2n) is 10.3. The largest absolute Gasteiger partial charge is 0.481 e.